The van der Waals surface area contributed by atoms with E-state index in [1.54, 1.807) is 32.9 Å². The van der Waals surface area contributed by atoms with E-state index in [1.165, 1.54) is 23.0 Å². The summed E-state index contributed by atoms with van der Waals surface area (Å²) in [4.78, 5) is 74.8. The second kappa shape index (κ2) is 13.9. The first kappa shape index (κ1) is 34.1. The first-order chi connectivity index (χ1) is 22.3. The molecular weight excluding hydrogens is 613 g/mol. The van der Waals surface area contributed by atoms with E-state index in [9.17, 15) is 28.4 Å². The van der Waals surface area contributed by atoms with E-state index >= 15 is 0 Å². The van der Waals surface area contributed by atoms with E-state index in [2.05, 4.69) is 16.1 Å². The van der Waals surface area contributed by atoms with E-state index in [0.29, 0.717) is 30.4 Å². The Hall–Kier alpha value is -4.20. The number of carbonyl (C=O) groups is 5. The molecule has 0 spiro atoms. The molecule has 256 valence electrons. The fourth-order valence-electron chi connectivity index (χ4n) is 6.53. The third kappa shape index (κ3) is 7.86. The maximum atomic E-state index is 14.3. The van der Waals surface area contributed by atoms with Gasteiger partial charge in [0, 0.05) is 24.4 Å². The second-order valence-corrected chi connectivity index (χ2v) is 13.7. The fourth-order valence-corrected chi connectivity index (χ4v) is 6.53. The van der Waals surface area contributed by atoms with Crippen molar-refractivity contribution in [2.45, 2.75) is 108 Å². The van der Waals surface area contributed by atoms with E-state index in [1.807, 2.05) is 12.2 Å². The van der Waals surface area contributed by atoms with Crippen LogP contribution < -0.4 is 16.1 Å². The zero-order chi connectivity index (χ0) is 33.9. The first-order valence-electron chi connectivity index (χ1n) is 16.1. The molecule has 1 aliphatic carbocycles. The Kier molecular flexibility index (Phi) is 10.1. The van der Waals surface area contributed by atoms with Crippen LogP contribution in [0.5, 0.6) is 0 Å². The van der Waals surface area contributed by atoms with Gasteiger partial charge in [0.05, 0.1) is 20.2 Å². The fraction of sp³-hybridized carbons (Fsp3) is 0.606. The third-order valence-electron chi connectivity index (χ3n) is 8.98. The van der Waals surface area contributed by atoms with Crippen molar-refractivity contribution in [1.29, 1.82) is 0 Å². The molecular formula is C33H44FN5O8. The van der Waals surface area contributed by atoms with Gasteiger partial charge in [-0.05, 0) is 58.1 Å². The Labute approximate surface area is 273 Å². The zero-order valence-electron chi connectivity index (χ0n) is 27.3. The summed E-state index contributed by atoms with van der Waals surface area (Å²) in [6, 6.07) is 2.54. The molecule has 1 aromatic rings. The summed E-state index contributed by atoms with van der Waals surface area (Å²) in [6.07, 6.45) is 5.15. The molecule has 0 bridgehead atoms. The predicted molar refractivity (Wildman–Crippen MR) is 166 cm³/mol. The van der Waals surface area contributed by atoms with Crippen LogP contribution in [0.25, 0.3) is 0 Å². The highest BCUT2D eigenvalue weighted by Crippen LogP contribution is 2.45. The number of hydrogen-bond donors (Lipinski definition) is 3. The number of benzene rings is 1. The minimum absolute atomic E-state index is 0.0358. The number of nitrogens with zero attached hydrogens (tertiary/aromatic N) is 2. The van der Waals surface area contributed by atoms with Crippen molar-refractivity contribution in [3.63, 3.8) is 0 Å². The zero-order valence-corrected chi connectivity index (χ0v) is 27.3. The SMILES string of the molecule is CONC(=O)[C@@]12C[C@H]1/C=C\CCCCC[C@H](NC(=O)OC(C)(C)C)C(=O)N1C[C@H](OC(=O)N3Cc4cccc(F)c4C3)C[C@H]1C(=O)N2. The number of alkyl carbamates (subject to hydrolysis) is 1. The molecule has 3 N–H and O–H groups in total. The van der Waals surface area contributed by atoms with Gasteiger partial charge in [0.1, 0.15) is 35.1 Å². The van der Waals surface area contributed by atoms with Crippen LogP contribution in [-0.2, 0) is 41.8 Å². The van der Waals surface area contributed by atoms with Gasteiger partial charge < -0.3 is 25.0 Å². The van der Waals surface area contributed by atoms with Crippen molar-refractivity contribution in [1.82, 2.24) is 25.9 Å². The van der Waals surface area contributed by atoms with Crippen LogP contribution in [0.3, 0.4) is 0 Å². The standard InChI is InChI=1S/C33H44FN5O8/c1-32(2,3)47-30(43)35-25-14-9-7-5-6-8-12-21-16-33(21,29(42)37-45-4)36-27(40)26-15-22(18-39(26)28(25)41)46-31(44)38-17-20-11-10-13-24(34)23(20)19-38/h8,10-13,21-22,25-26H,5-7,9,14-19H2,1-4H3,(H,35,43)(H,36,40)(H,37,42)/b12-8-/t21-,22-,25+,26+,33-/m1/s1. The average molecular weight is 658 g/mol. The molecule has 14 heteroatoms. The van der Waals surface area contributed by atoms with E-state index < -0.39 is 65.1 Å². The number of ether oxygens (including phenoxy) is 2. The third-order valence-corrected chi connectivity index (χ3v) is 8.98. The van der Waals surface area contributed by atoms with Crippen LogP contribution in [0.1, 0.15) is 76.8 Å². The molecule has 13 nitrogen and oxygen atoms in total. The highest BCUT2D eigenvalue weighted by atomic mass is 19.1. The lowest BCUT2D eigenvalue weighted by Crippen LogP contribution is -2.57. The number of amides is 5. The predicted octanol–water partition coefficient (Wildman–Crippen LogP) is 3.21. The minimum atomic E-state index is -1.27. The Morgan fingerprint density at radius 3 is 2.62 bits per heavy atom. The Balaban J connectivity index is 1.38. The summed E-state index contributed by atoms with van der Waals surface area (Å²) >= 11 is 0. The summed E-state index contributed by atoms with van der Waals surface area (Å²) in [5, 5.41) is 5.56. The Morgan fingerprint density at radius 1 is 1.11 bits per heavy atom. The average Bonchev–Trinajstić information content (AvgIpc) is 3.31. The lowest BCUT2D eigenvalue weighted by atomic mass is 10.0. The number of hydrogen-bond acceptors (Lipinski definition) is 8. The molecule has 5 amide bonds. The van der Waals surface area contributed by atoms with Crippen LogP contribution in [0.2, 0.25) is 0 Å². The quantitative estimate of drug-likeness (QED) is 0.330. The molecule has 1 aromatic carbocycles. The summed E-state index contributed by atoms with van der Waals surface area (Å²) in [6.45, 7) is 5.22. The minimum Gasteiger partial charge on any atom is -0.444 e. The topological polar surface area (TPSA) is 156 Å². The van der Waals surface area contributed by atoms with Crippen molar-refractivity contribution < 1.29 is 42.7 Å². The largest absolute Gasteiger partial charge is 0.444 e. The molecule has 1 saturated carbocycles. The number of rotatable bonds is 4. The highest BCUT2D eigenvalue weighted by Gasteiger charge is 2.61. The van der Waals surface area contributed by atoms with Gasteiger partial charge in [-0.1, -0.05) is 37.1 Å². The Bertz CT molecular complexity index is 1430. The Morgan fingerprint density at radius 2 is 1.89 bits per heavy atom. The second-order valence-electron chi connectivity index (χ2n) is 13.7. The smallest absolute Gasteiger partial charge is 0.410 e. The maximum Gasteiger partial charge on any atom is 0.410 e. The molecule has 5 atom stereocenters. The van der Waals surface area contributed by atoms with Crippen LogP contribution in [0.15, 0.2) is 30.4 Å². The highest BCUT2D eigenvalue weighted by molar-refractivity contribution is 5.98. The molecule has 0 aromatic heterocycles. The van der Waals surface area contributed by atoms with Crippen molar-refractivity contribution in [2.24, 2.45) is 5.92 Å². The normalized spacial score (nSPS) is 28.4. The van der Waals surface area contributed by atoms with Crippen molar-refractivity contribution in [3.8, 4) is 0 Å². The van der Waals surface area contributed by atoms with E-state index in [0.717, 1.165) is 19.3 Å². The number of halogens is 1. The van der Waals surface area contributed by atoms with Crippen molar-refractivity contribution in [2.75, 3.05) is 13.7 Å². The number of hydroxylamine groups is 1. The van der Waals surface area contributed by atoms with Gasteiger partial charge in [-0.2, -0.15) is 0 Å². The molecule has 1 saturated heterocycles. The first-order valence-corrected chi connectivity index (χ1v) is 16.1. The summed E-state index contributed by atoms with van der Waals surface area (Å²) in [5.41, 5.74) is 1.35. The number of fused-ring (bicyclic) bond motifs is 3. The summed E-state index contributed by atoms with van der Waals surface area (Å²) < 4.78 is 25.6. The van der Waals surface area contributed by atoms with E-state index in [-0.39, 0.29) is 32.0 Å². The van der Waals surface area contributed by atoms with Gasteiger partial charge >= 0.3 is 12.2 Å². The monoisotopic (exact) mass is 657 g/mol. The molecule has 0 unspecified atom stereocenters. The maximum absolute atomic E-state index is 14.3. The van der Waals surface area contributed by atoms with Gasteiger partial charge in [0.25, 0.3) is 5.91 Å². The van der Waals surface area contributed by atoms with Crippen LogP contribution >= 0.6 is 0 Å². The molecule has 5 rings (SSSR count). The van der Waals surface area contributed by atoms with Gasteiger partial charge in [-0.15, -0.1) is 0 Å². The summed E-state index contributed by atoms with van der Waals surface area (Å²) in [5.74, 6) is -2.32. The van der Waals surface area contributed by atoms with Gasteiger partial charge in [0.2, 0.25) is 11.8 Å². The van der Waals surface area contributed by atoms with E-state index in [4.69, 9.17) is 14.3 Å². The molecule has 47 heavy (non-hydrogen) atoms. The van der Waals surface area contributed by atoms with Gasteiger partial charge in [0.15, 0.2) is 0 Å². The van der Waals surface area contributed by atoms with Crippen LogP contribution in [0.4, 0.5) is 14.0 Å². The lowest BCUT2D eigenvalue weighted by molar-refractivity contribution is -0.143. The molecule has 2 fully saturated rings. The lowest BCUT2D eigenvalue weighted by Gasteiger charge is -2.30. The molecule has 0 radical (unpaired) electrons. The van der Waals surface area contributed by atoms with Gasteiger partial charge in [-0.3, -0.25) is 24.1 Å². The number of nitrogens with one attached hydrogen (secondary N) is 3. The molecule has 4 aliphatic rings. The van der Waals surface area contributed by atoms with Crippen molar-refractivity contribution >= 4 is 29.9 Å². The van der Waals surface area contributed by atoms with Crippen LogP contribution in [0, 0.1) is 11.7 Å². The van der Waals surface area contributed by atoms with Gasteiger partial charge in [-0.25, -0.2) is 19.5 Å². The summed E-state index contributed by atoms with van der Waals surface area (Å²) in [7, 11) is 1.30. The number of carbonyl (C=O) groups excluding carboxylic acids is 5. The van der Waals surface area contributed by atoms with Crippen LogP contribution in [-0.4, -0.2) is 82.7 Å². The molecule has 3 heterocycles. The number of allylic oxidation sites excluding steroid dienone is 1. The molecule has 3 aliphatic heterocycles. The van der Waals surface area contributed by atoms with Crippen molar-refractivity contribution in [3.05, 3.63) is 47.3 Å².